The minimum atomic E-state index is 0.213. The molecule has 2 aromatic rings. The number of carbonyl (C=O) groups is 1. The number of amides is 1. The Hall–Kier alpha value is -2.35. The van der Waals surface area contributed by atoms with Crippen LogP contribution in [-0.4, -0.2) is 12.5 Å². The van der Waals surface area contributed by atoms with Crippen LogP contribution >= 0.6 is 0 Å². The van der Waals surface area contributed by atoms with Crippen LogP contribution < -0.4 is 5.32 Å². The van der Waals surface area contributed by atoms with Crippen molar-refractivity contribution in [2.45, 2.75) is 37.5 Å². The van der Waals surface area contributed by atoms with Gasteiger partial charge in [0.15, 0.2) is 0 Å². The molecule has 0 saturated heterocycles. The molecule has 2 heteroatoms. The second kappa shape index (κ2) is 6.42. The summed E-state index contributed by atoms with van der Waals surface area (Å²) in [6.07, 6.45) is 8.44. The van der Waals surface area contributed by atoms with Crippen LogP contribution in [0.5, 0.6) is 0 Å². The summed E-state index contributed by atoms with van der Waals surface area (Å²) in [6.45, 7) is 0.791. The van der Waals surface area contributed by atoms with Gasteiger partial charge in [-0.05, 0) is 53.4 Å². The summed E-state index contributed by atoms with van der Waals surface area (Å²) >= 11 is 0. The number of nitrogens with one attached hydrogen (secondary N) is 1. The second-order valence-corrected chi connectivity index (χ2v) is 8.06. The van der Waals surface area contributed by atoms with Crippen molar-refractivity contribution in [1.82, 2.24) is 5.32 Å². The van der Waals surface area contributed by atoms with Gasteiger partial charge in [-0.3, -0.25) is 4.79 Å². The molecule has 0 heterocycles. The lowest BCUT2D eigenvalue weighted by atomic mass is 9.59. The van der Waals surface area contributed by atoms with Gasteiger partial charge in [0.05, 0.1) is 0 Å². The van der Waals surface area contributed by atoms with Crippen LogP contribution in [0, 0.1) is 11.8 Å². The van der Waals surface area contributed by atoms with Crippen LogP contribution in [0.15, 0.2) is 60.7 Å². The Labute approximate surface area is 155 Å². The number of carbonyl (C=O) groups excluding carboxylic acids is 1. The molecule has 0 saturated carbocycles. The SMILES string of the molecule is O=C(CC1C=CCC1)NCC1CC2c3ccccc3C1c1ccccc12. The normalized spacial score (nSPS) is 27.8. The number of rotatable bonds is 4. The average Bonchev–Trinajstić information content (AvgIpc) is 3.19. The van der Waals surface area contributed by atoms with Crippen molar-refractivity contribution in [3.63, 3.8) is 0 Å². The fraction of sp³-hybridized carbons (Fsp3) is 0.375. The smallest absolute Gasteiger partial charge is 0.220 e. The maximum atomic E-state index is 12.4. The predicted octanol–water partition coefficient (Wildman–Crippen LogP) is 4.76. The van der Waals surface area contributed by atoms with E-state index in [1.54, 1.807) is 0 Å². The highest BCUT2D eigenvalue weighted by molar-refractivity contribution is 5.76. The van der Waals surface area contributed by atoms with E-state index < -0.39 is 0 Å². The Morgan fingerprint density at radius 3 is 2.23 bits per heavy atom. The molecule has 2 nitrogen and oxygen atoms in total. The first-order valence-electron chi connectivity index (χ1n) is 9.92. The van der Waals surface area contributed by atoms with Gasteiger partial charge in [-0.2, -0.15) is 0 Å². The summed E-state index contributed by atoms with van der Waals surface area (Å²) in [7, 11) is 0. The Morgan fingerprint density at radius 2 is 1.62 bits per heavy atom. The topological polar surface area (TPSA) is 29.1 Å². The van der Waals surface area contributed by atoms with Crippen LogP contribution in [0.4, 0.5) is 0 Å². The maximum absolute atomic E-state index is 12.4. The number of allylic oxidation sites excluding steroid dienone is 2. The second-order valence-electron chi connectivity index (χ2n) is 8.06. The monoisotopic (exact) mass is 343 g/mol. The van der Waals surface area contributed by atoms with Crippen molar-refractivity contribution in [2.75, 3.05) is 6.54 Å². The summed E-state index contributed by atoms with van der Waals surface area (Å²) in [5.41, 5.74) is 5.94. The molecular formula is C24H25NO. The highest BCUT2D eigenvalue weighted by atomic mass is 16.1. The van der Waals surface area contributed by atoms with Crippen molar-refractivity contribution in [3.8, 4) is 0 Å². The highest BCUT2D eigenvalue weighted by Gasteiger charge is 2.42. The molecule has 4 aliphatic carbocycles. The van der Waals surface area contributed by atoms with E-state index in [1.165, 1.54) is 22.3 Å². The van der Waals surface area contributed by atoms with E-state index in [4.69, 9.17) is 0 Å². The van der Waals surface area contributed by atoms with Gasteiger partial charge in [0, 0.05) is 24.8 Å². The lowest BCUT2D eigenvalue weighted by Gasteiger charge is -2.45. The van der Waals surface area contributed by atoms with Crippen LogP contribution in [0.25, 0.3) is 0 Å². The molecule has 0 aliphatic heterocycles. The molecule has 1 amide bonds. The molecule has 2 unspecified atom stereocenters. The molecule has 2 atom stereocenters. The lowest BCUT2D eigenvalue weighted by Crippen LogP contribution is -2.39. The molecule has 26 heavy (non-hydrogen) atoms. The minimum Gasteiger partial charge on any atom is -0.356 e. The standard InChI is InChI=1S/C24H25NO/c26-23(13-16-7-1-2-8-16)25-15-17-14-22-18-9-3-5-11-20(18)24(17)21-12-6-4-10-19(21)22/h1,3-7,9-12,16-17,22,24H,2,8,13-15H2,(H,25,26). The lowest BCUT2D eigenvalue weighted by molar-refractivity contribution is -0.121. The highest BCUT2D eigenvalue weighted by Crippen LogP contribution is 2.55. The summed E-state index contributed by atoms with van der Waals surface area (Å²) in [4.78, 5) is 12.4. The van der Waals surface area contributed by atoms with Gasteiger partial charge in [0.25, 0.3) is 0 Å². The van der Waals surface area contributed by atoms with Crippen molar-refractivity contribution >= 4 is 5.91 Å². The first-order chi connectivity index (χ1) is 12.8. The zero-order chi connectivity index (χ0) is 17.5. The molecule has 4 aliphatic rings. The van der Waals surface area contributed by atoms with E-state index in [9.17, 15) is 4.79 Å². The number of hydrogen-bond acceptors (Lipinski definition) is 1. The van der Waals surface area contributed by atoms with Crippen molar-refractivity contribution in [2.24, 2.45) is 11.8 Å². The van der Waals surface area contributed by atoms with Gasteiger partial charge in [-0.25, -0.2) is 0 Å². The van der Waals surface area contributed by atoms with E-state index in [0.29, 0.717) is 30.1 Å². The quantitative estimate of drug-likeness (QED) is 0.797. The van der Waals surface area contributed by atoms with Crippen LogP contribution in [0.1, 0.15) is 59.8 Å². The van der Waals surface area contributed by atoms with E-state index in [1.807, 2.05) is 0 Å². The predicted molar refractivity (Wildman–Crippen MR) is 104 cm³/mol. The maximum Gasteiger partial charge on any atom is 0.220 e. The summed E-state index contributed by atoms with van der Waals surface area (Å²) in [6, 6.07) is 17.8. The van der Waals surface area contributed by atoms with E-state index >= 15 is 0 Å². The molecule has 132 valence electrons. The van der Waals surface area contributed by atoms with Crippen LogP contribution in [0.2, 0.25) is 0 Å². The molecule has 0 spiro atoms. The van der Waals surface area contributed by atoms with Gasteiger partial charge in [-0.15, -0.1) is 0 Å². The largest absolute Gasteiger partial charge is 0.356 e. The van der Waals surface area contributed by atoms with Gasteiger partial charge in [-0.1, -0.05) is 60.7 Å². The molecule has 2 bridgehead atoms. The third-order valence-electron chi connectivity index (χ3n) is 6.54. The molecule has 0 aromatic heterocycles. The Bertz CT molecular complexity index is 821. The average molecular weight is 343 g/mol. The Kier molecular flexibility index (Phi) is 3.92. The van der Waals surface area contributed by atoms with Gasteiger partial charge < -0.3 is 5.32 Å². The van der Waals surface area contributed by atoms with Gasteiger partial charge in [0.1, 0.15) is 0 Å². The van der Waals surface area contributed by atoms with E-state index in [2.05, 4.69) is 66.0 Å². The molecular weight excluding hydrogens is 318 g/mol. The zero-order valence-corrected chi connectivity index (χ0v) is 15.0. The van der Waals surface area contributed by atoms with Crippen molar-refractivity contribution in [3.05, 3.63) is 82.9 Å². The summed E-state index contributed by atoms with van der Waals surface area (Å²) in [5, 5.41) is 3.25. The zero-order valence-electron chi connectivity index (χ0n) is 15.0. The van der Waals surface area contributed by atoms with E-state index in [0.717, 1.165) is 25.8 Å². The van der Waals surface area contributed by atoms with Crippen LogP contribution in [-0.2, 0) is 4.79 Å². The molecule has 0 radical (unpaired) electrons. The van der Waals surface area contributed by atoms with Gasteiger partial charge in [0.2, 0.25) is 5.91 Å². The number of benzene rings is 2. The minimum absolute atomic E-state index is 0.213. The summed E-state index contributed by atoms with van der Waals surface area (Å²) < 4.78 is 0. The molecule has 2 aromatic carbocycles. The van der Waals surface area contributed by atoms with Crippen molar-refractivity contribution < 1.29 is 4.79 Å². The molecule has 6 rings (SSSR count). The van der Waals surface area contributed by atoms with Crippen LogP contribution in [0.3, 0.4) is 0 Å². The van der Waals surface area contributed by atoms with Gasteiger partial charge >= 0.3 is 0 Å². The Morgan fingerprint density at radius 1 is 0.962 bits per heavy atom. The molecule has 1 N–H and O–H groups in total. The fourth-order valence-electron chi connectivity index (χ4n) is 5.38. The number of hydrogen-bond donors (Lipinski definition) is 1. The Balaban J connectivity index is 1.37. The first kappa shape index (κ1) is 15.9. The molecule has 0 fully saturated rings. The third-order valence-corrected chi connectivity index (χ3v) is 6.54. The fourth-order valence-corrected chi connectivity index (χ4v) is 5.38. The number of fused-ring (bicyclic) bond motifs is 1. The van der Waals surface area contributed by atoms with E-state index in [-0.39, 0.29) is 5.91 Å². The summed E-state index contributed by atoms with van der Waals surface area (Å²) in [5.74, 6) is 2.04. The van der Waals surface area contributed by atoms with Crippen molar-refractivity contribution in [1.29, 1.82) is 0 Å². The third kappa shape index (κ3) is 2.59. The first-order valence-corrected chi connectivity index (χ1v) is 9.92.